The highest BCUT2D eigenvalue weighted by molar-refractivity contribution is 5.57. The van der Waals surface area contributed by atoms with Crippen LogP contribution in [0.15, 0.2) is 0 Å². The van der Waals surface area contributed by atoms with E-state index in [0.29, 0.717) is 11.3 Å². The summed E-state index contributed by atoms with van der Waals surface area (Å²) in [5, 5.41) is 3.52. The van der Waals surface area contributed by atoms with Crippen LogP contribution in [-0.4, -0.2) is 30.2 Å². The van der Waals surface area contributed by atoms with Crippen LogP contribution in [0.5, 0.6) is 0 Å². The lowest BCUT2D eigenvalue weighted by Crippen LogP contribution is -2.20. The van der Waals surface area contributed by atoms with Crippen molar-refractivity contribution < 1.29 is 4.74 Å². The zero-order chi connectivity index (χ0) is 14.9. The summed E-state index contributed by atoms with van der Waals surface area (Å²) in [6.45, 7) is 3.78. The molecule has 0 amide bonds. The first-order valence-corrected chi connectivity index (χ1v) is 7.75. The van der Waals surface area contributed by atoms with Crippen molar-refractivity contribution in [3.05, 3.63) is 11.4 Å². The largest absolute Gasteiger partial charge is 0.385 e. The van der Waals surface area contributed by atoms with Crippen molar-refractivity contribution in [1.29, 1.82) is 0 Å². The number of methoxy groups -OCH3 is 1. The lowest BCUT2D eigenvalue weighted by atomic mass is 10.0. The summed E-state index contributed by atoms with van der Waals surface area (Å²) >= 11 is 0. The molecule has 1 heterocycles. The summed E-state index contributed by atoms with van der Waals surface area (Å²) < 4.78 is 5.21. The maximum Gasteiger partial charge on any atom is 0.148 e. The number of nitrogen functional groups attached to an aromatic ring is 1. The van der Waals surface area contributed by atoms with Gasteiger partial charge in [-0.15, -0.1) is 0 Å². The topological polar surface area (TPSA) is 85.1 Å². The number of hydrogen-bond donors (Lipinski definition) is 3. The number of hydrogen-bond acceptors (Lipinski definition) is 6. The van der Waals surface area contributed by atoms with Crippen molar-refractivity contribution in [3.63, 3.8) is 0 Å². The number of anilines is 2. The fourth-order valence-electron chi connectivity index (χ4n) is 2.65. The number of rotatable bonds is 8. The molecule has 2 aliphatic rings. The average molecular weight is 291 g/mol. The highest BCUT2D eigenvalue weighted by Gasteiger charge is 2.42. The van der Waals surface area contributed by atoms with E-state index in [9.17, 15) is 0 Å². The van der Waals surface area contributed by atoms with Gasteiger partial charge < -0.3 is 15.5 Å². The lowest BCUT2D eigenvalue weighted by Gasteiger charge is -2.18. The van der Waals surface area contributed by atoms with E-state index in [0.717, 1.165) is 42.6 Å². The zero-order valence-corrected chi connectivity index (χ0v) is 12.9. The molecule has 0 radical (unpaired) electrons. The summed E-state index contributed by atoms with van der Waals surface area (Å²) in [5.74, 6) is 8.67. The van der Waals surface area contributed by atoms with Gasteiger partial charge in [-0.1, -0.05) is 0 Å². The Kier molecular flexibility index (Phi) is 3.99. The monoisotopic (exact) mass is 291 g/mol. The van der Waals surface area contributed by atoms with Gasteiger partial charge in [0.05, 0.1) is 0 Å². The maximum absolute atomic E-state index is 5.58. The first-order valence-electron chi connectivity index (χ1n) is 7.75. The van der Waals surface area contributed by atoms with Crippen molar-refractivity contribution in [1.82, 2.24) is 9.97 Å². The van der Waals surface area contributed by atoms with E-state index >= 15 is 0 Å². The molecule has 0 saturated heterocycles. The Morgan fingerprint density at radius 3 is 2.57 bits per heavy atom. The van der Waals surface area contributed by atoms with Crippen molar-refractivity contribution in [2.75, 3.05) is 31.0 Å². The fraction of sp³-hybridized carbons (Fsp3) is 0.733. The second-order valence-electron chi connectivity index (χ2n) is 6.42. The second kappa shape index (κ2) is 5.77. The minimum absolute atomic E-state index is 0.392. The molecular formula is C15H25N5O. The highest BCUT2D eigenvalue weighted by Crippen LogP contribution is 2.49. The van der Waals surface area contributed by atoms with Crippen LogP contribution in [0.2, 0.25) is 0 Å². The molecule has 0 aliphatic heterocycles. The van der Waals surface area contributed by atoms with Crippen molar-refractivity contribution in [2.45, 2.75) is 44.9 Å². The van der Waals surface area contributed by atoms with Crippen LogP contribution in [-0.2, 0) is 4.74 Å². The molecular weight excluding hydrogens is 266 g/mol. The van der Waals surface area contributed by atoms with Crippen molar-refractivity contribution >= 4 is 11.6 Å². The summed E-state index contributed by atoms with van der Waals surface area (Å²) in [6, 6.07) is 0. The maximum atomic E-state index is 5.58. The molecule has 0 atom stereocenters. The Balaban J connectivity index is 1.70. The molecule has 21 heavy (non-hydrogen) atoms. The fourth-order valence-corrected chi connectivity index (χ4v) is 2.65. The molecule has 3 rings (SSSR count). The highest BCUT2D eigenvalue weighted by atomic mass is 16.5. The predicted molar refractivity (Wildman–Crippen MR) is 83.2 cm³/mol. The molecule has 6 nitrogen and oxygen atoms in total. The van der Waals surface area contributed by atoms with Gasteiger partial charge >= 0.3 is 0 Å². The van der Waals surface area contributed by atoms with Gasteiger partial charge in [0.25, 0.3) is 0 Å². The Hall–Kier alpha value is -1.40. The van der Waals surface area contributed by atoms with Crippen molar-refractivity contribution in [3.8, 4) is 0 Å². The molecule has 2 saturated carbocycles. The first kappa shape index (κ1) is 14.5. The molecule has 0 bridgehead atoms. The zero-order valence-electron chi connectivity index (χ0n) is 12.9. The first-order chi connectivity index (χ1) is 10.2. The van der Waals surface area contributed by atoms with Gasteiger partial charge in [-0.3, -0.25) is 0 Å². The third-order valence-electron chi connectivity index (χ3n) is 4.67. The Bertz CT molecular complexity index is 511. The summed E-state index contributed by atoms with van der Waals surface area (Å²) in [6.07, 6.45) is 6.02. The standard InChI is InChI=1S/C15H25N5O/c1-10-12(17-9-15(5-6-15)7-8-21-2)18-14(11-3-4-11)19-13(10)20-16/h11H,3-9,16H2,1-2H3,(H2,17,18,19,20). The number of aromatic nitrogens is 2. The molecule has 2 fully saturated rings. The van der Waals surface area contributed by atoms with Gasteiger partial charge in [0.2, 0.25) is 0 Å². The molecule has 116 valence electrons. The van der Waals surface area contributed by atoms with Crippen molar-refractivity contribution in [2.24, 2.45) is 11.3 Å². The number of hydrazine groups is 1. The quantitative estimate of drug-likeness (QED) is 0.503. The summed E-state index contributed by atoms with van der Waals surface area (Å²) in [4.78, 5) is 9.22. The van der Waals surface area contributed by atoms with Gasteiger partial charge in [0.1, 0.15) is 17.5 Å². The van der Waals surface area contributed by atoms with Crippen LogP contribution in [0.25, 0.3) is 0 Å². The molecule has 6 heteroatoms. The summed E-state index contributed by atoms with van der Waals surface area (Å²) in [7, 11) is 1.76. The van der Waals surface area contributed by atoms with Crippen LogP contribution >= 0.6 is 0 Å². The smallest absolute Gasteiger partial charge is 0.148 e. The predicted octanol–water partition coefficient (Wildman–Crippen LogP) is 2.18. The van der Waals surface area contributed by atoms with E-state index in [4.69, 9.17) is 15.6 Å². The summed E-state index contributed by atoms with van der Waals surface area (Å²) in [5.41, 5.74) is 4.08. The van der Waals surface area contributed by atoms with E-state index in [2.05, 4.69) is 15.7 Å². The normalized spacial score (nSPS) is 19.4. The van der Waals surface area contributed by atoms with Gasteiger partial charge in [0, 0.05) is 31.7 Å². The molecule has 0 spiro atoms. The molecule has 1 aromatic rings. The lowest BCUT2D eigenvalue weighted by molar-refractivity contribution is 0.175. The van der Waals surface area contributed by atoms with E-state index in [-0.39, 0.29) is 0 Å². The molecule has 1 aromatic heterocycles. The van der Waals surface area contributed by atoms with E-state index in [1.54, 1.807) is 7.11 Å². The Morgan fingerprint density at radius 1 is 1.29 bits per heavy atom. The number of nitrogens with zero attached hydrogens (tertiary/aromatic N) is 2. The number of nitrogens with one attached hydrogen (secondary N) is 2. The number of ether oxygens (including phenoxy) is 1. The average Bonchev–Trinajstić information content (AvgIpc) is 3.38. The van der Waals surface area contributed by atoms with Crippen LogP contribution in [0.1, 0.15) is 49.4 Å². The van der Waals surface area contributed by atoms with Crippen LogP contribution in [0.4, 0.5) is 11.6 Å². The molecule has 2 aliphatic carbocycles. The third kappa shape index (κ3) is 3.27. The third-order valence-corrected chi connectivity index (χ3v) is 4.67. The Morgan fingerprint density at radius 2 is 2.00 bits per heavy atom. The molecule has 4 N–H and O–H groups in total. The number of nitrogens with two attached hydrogens (primary N) is 1. The van der Waals surface area contributed by atoms with Gasteiger partial charge in [-0.25, -0.2) is 15.8 Å². The van der Waals surface area contributed by atoms with Gasteiger partial charge in [-0.2, -0.15) is 0 Å². The van der Waals surface area contributed by atoms with Crippen LogP contribution in [0, 0.1) is 12.3 Å². The molecule has 0 aromatic carbocycles. The minimum Gasteiger partial charge on any atom is -0.385 e. The SMILES string of the molecule is COCCC1(CNc2nc(C3CC3)nc(NN)c2C)CC1. The Labute approximate surface area is 125 Å². The van der Waals surface area contributed by atoms with Crippen LogP contribution in [0.3, 0.4) is 0 Å². The van der Waals surface area contributed by atoms with Gasteiger partial charge in [0.15, 0.2) is 0 Å². The molecule has 0 unspecified atom stereocenters. The van der Waals surface area contributed by atoms with E-state index < -0.39 is 0 Å². The van der Waals surface area contributed by atoms with E-state index in [1.807, 2.05) is 6.92 Å². The second-order valence-corrected chi connectivity index (χ2v) is 6.42. The van der Waals surface area contributed by atoms with Gasteiger partial charge in [-0.05, 0) is 44.4 Å². The van der Waals surface area contributed by atoms with Crippen LogP contribution < -0.4 is 16.6 Å². The van der Waals surface area contributed by atoms with E-state index in [1.165, 1.54) is 25.7 Å². The minimum atomic E-state index is 0.392.